The SMILES string of the molecule is COc1cccc(Cl)c1CC(=O)Oc1ccc(O[C@H](C)C(N)=O)cc1. The molecule has 2 aromatic carbocycles. The van der Waals surface area contributed by atoms with Crippen LogP contribution in [0, 0.1) is 0 Å². The van der Waals surface area contributed by atoms with Crippen molar-refractivity contribution < 1.29 is 23.8 Å². The Morgan fingerprint density at radius 3 is 2.36 bits per heavy atom. The molecule has 0 spiro atoms. The summed E-state index contributed by atoms with van der Waals surface area (Å²) in [5.41, 5.74) is 5.70. The van der Waals surface area contributed by atoms with E-state index in [1.165, 1.54) is 7.11 Å². The minimum atomic E-state index is -0.749. The lowest BCUT2D eigenvalue weighted by Crippen LogP contribution is -2.30. The Morgan fingerprint density at radius 2 is 1.76 bits per heavy atom. The van der Waals surface area contributed by atoms with E-state index in [0.717, 1.165) is 0 Å². The van der Waals surface area contributed by atoms with Crippen molar-refractivity contribution in [2.45, 2.75) is 19.4 Å². The van der Waals surface area contributed by atoms with Crippen molar-refractivity contribution in [3.05, 3.63) is 53.1 Å². The molecule has 0 aliphatic carbocycles. The molecule has 0 heterocycles. The number of methoxy groups -OCH3 is 1. The molecular weight excluding hydrogens is 346 g/mol. The van der Waals surface area contributed by atoms with Gasteiger partial charge in [-0.15, -0.1) is 0 Å². The highest BCUT2D eigenvalue weighted by atomic mass is 35.5. The van der Waals surface area contributed by atoms with Crippen LogP contribution in [0.15, 0.2) is 42.5 Å². The average Bonchev–Trinajstić information content (AvgIpc) is 2.58. The monoisotopic (exact) mass is 363 g/mol. The van der Waals surface area contributed by atoms with Gasteiger partial charge >= 0.3 is 5.97 Å². The molecule has 0 saturated heterocycles. The molecule has 6 nitrogen and oxygen atoms in total. The lowest BCUT2D eigenvalue weighted by atomic mass is 10.1. The third kappa shape index (κ3) is 5.12. The molecule has 0 saturated carbocycles. The van der Waals surface area contributed by atoms with E-state index in [1.807, 2.05) is 0 Å². The number of nitrogens with two attached hydrogens (primary N) is 1. The van der Waals surface area contributed by atoms with Gasteiger partial charge in [-0.05, 0) is 43.3 Å². The van der Waals surface area contributed by atoms with Crippen molar-refractivity contribution in [3.63, 3.8) is 0 Å². The van der Waals surface area contributed by atoms with E-state index >= 15 is 0 Å². The second-order valence-corrected chi connectivity index (χ2v) is 5.61. The predicted molar refractivity (Wildman–Crippen MR) is 93.1 cm³/mol. The molecule has 132 valence electrons. The molecule has 1 amide bonds. The molecule has 0 unspecified atom stereocenters. The first kappa shape index (κ1) is 18.6. The summed E-state index contributed by atoms with van der Waals surface area (Å²) in [4.78, 5) is 23.1. The number of carbonyl (C=O) groups is 2. The van der Waals surface area contributed by atoms with E-state index in [4.69, 9.17) is 31.5 Å². The Labute approximate surface area is 150 Å². The van der Waals surface area contributed by atoms with Crippen molar-refractivity contribution in [2.75, 3.05) is 7.11 Å². The lowest BCUT2D eigenvalue weighted by Gasteiger charge is -2.12. The first-order valence-electron chi connectivity index (χ1n) is 7.48. The van der Waals surface area contributed by atoms with Gasteiger partial charge in [0.15, 0.2) is 6.10 Å². The minimum absolute atomic E-state index is 0.0280. The van der Waals surface area contributed by atoms with Crippen molar-refractivity contribution in [1.29, 1.82) is 0 Å². The molecule has 2 N–H and O–H groups in total. The molecule has 2 aromatic rings. The standard InChI is InChI=1S/C18H18ClNO5/c1-11(18(20)22)24-12-6-8-13(9-7-12)25-17(21)10-14-15(19)4-3-5-16(14)23-2/h3-9,11H,10H2,1-2H3,(H2,20,22)/t11-/m1/s1. The van der Waals surface area contributed by atoms with Crippen molar-refractivity contribution in [1.82, 2.24) is 0 Å². The predicted octanol–water partition coefficient (Wildman–Crippen LogP) is 2.75. The van der Waals surface area contributed by atoms with E-state index in [-0.39, 0.29) is 6.42 Å². The van der Waals surface area contributed by atoms with Gasteiger partial charge in [0.2, 0.25) is 0 Å². The molecule has 0 aliphatic rings. The molecule has 2 rings (SSSR count). The Kier molecular flexibility index (Phi) is 6.25. The number of amides is 1. The third-order valence-electron chi connectivity index (χ3n) is 3.39. The number of esters is 1. The van der Waals surface area contributed by atoms with Crippen LogP contribution in [0.1, 0.15) is 12.5 Å². The van der Waals surface area contributed by atoms with E-state index in [0.29, 0.717) is 27.8 Å². The summed E-state index contributed by atoms with van der Waals surface area (Å²) in [6.07, 6.45) is -0.777. The maximum atomic E-state index is 12.1. The van der Waals surface area contributed by atoms with E-state index in [9.17, 15) is 9.59 Å². The second-order valence-electron chi connectivity index (χ2n) is 5.21. The first-order chi connectivity index (χ1) is 11.9. The highest BCUT2D eigenvalue weighted by molar-refractivity contribution is 6.31. The number of hydrogen-bond donors (Lipinski definition) is 1. The molecular formula is C18H18ClNO5. The normalized spacial score (nSPS) is 11.5. The van der Waals surface area contributed by atoms with Crippen LogP contribution in [0.25, 0.3) is 0 Å². The second kappa shape index (κ2) is 8.39. The number of hydrogen-bond acceptors (Lipinski definition) is 5. The van der Waals surface area contributed by atoms with Gasteiger partial charge in [-0.1, -0.05) is 17.7 Å². The number of carbonyl (C=O) groups excluding carboxylic acids is 2. The van der Waals surface area contributed by atoms with Gasteiger partial charge in [0.1, 0.15) is 17.2 Å². The van der Waals surface area contributed by atoms with Gasteiger partial charge in [0.25, 0.3) is 5.91 Å². The summed E-state index contributed by atoms with van der Waals surface area (Å²) in [6, 6.07) is 11.4. The zero-order valence-electron chi connectivity index (χ0n) is 13.8. The molecule has 0 aliphatic heterocycles. The van der Waals surface area contributed by atoms with Crippen LogP contribution in [0.2, 0.25) is 5.02 Å². The fourth-order valence-corrected chi connectivity index (χ4v) is 2.29. The van der Waals surface area contributed by atoms with Crippen LogP contribution in [0.3, 0.4) is 0 Å². The van der Waals surface area contributed by atoms with Gasteiger partial charge in [0.05, 0.1) is 13.5 Å². The number of halogens is 1. The van der Waals surface area contributed by atoms with Crippen LogP contribution in [-0.2, 0) is 16.0 Å². The Hall–Kier alpha value is -2.73. The third-order valence-corrected chi connectivity index (χ3v) is 3.74. The molecule has 1 atom stereocenters. The number of primary amides is 1. The number of ether oxygens (including phenoxy) is 3. The van der Waals surface area contributed by atoms with Gasteiger partial charge in [0, 0.05) is 10.6 Å². The lowest BCUT2D eigenvalue weighted by molar-refractivity contribution is -0.133. The summed E-state index contributed by atoms with van der Waals surface area (Å²) in [7, 11) is 1.51. The van der Waals surface area contributed by atoms with Crippen molar-refractivity contribution in [3.8, 4) is 17.2 Å². The highest BCUT2D eigenvalue weighted by Crippen LogP contribution is 2.27. The average molecular weight is 364 g/mol. The zero-order chi connectivity index (χ0) is 18.4. The minimum Gasteiger partial charge on any atom is -0.496 e. The molecule has 7 heteroatoms. The fourth-order valence-electron chi connectivity index (χ4n) is 2.06. The maximum Gasteiger partial charge on any atom is 0.315 e. The van der Waals surface area contributed by atoms with Crippen molar-refractivity contribution in [2.24, 2.45) is 5.73 Å². The van der Waals surface area contributed by atoms with Gasteiger partial charge < -0.3 is 19.9 Å². The van der Waals surface area contributed by atoms with Gasteiger partial charge in [-0.3, -0.25) is 9.59 Å². The van der Waals surface area contributed by atoms with Gasteiger partial charge in [-0.25, -0.2) is 0 Å². The summed E-state index contributed by atoms with van der Waals surface area (Å²) in [5.74, 6) is 0.261. The molecule has 25 heavy (non-hydrogen) atoms. The quantitative estimate of drug-likeness (QED) is 0.603. The van der Waals surface area contributed by atoms with Crippen LogP contribution in [0.4, 0.5) is 0 Å². The molecule has 0 aromatic heterocycles. The summed E-state index contributed by atoms with van der Waals surface area (Å²) in [5, 5.41) is 0.431. The van der Waals surface area contributed by atoms with E-state index in [2.05, 4.69) is 0 Å². The smallest absolute Gasteiger partial charge is 0.315 e. The Morgan fingerprint density at radius 1 is 1.12 bits per heavy atom. The molecule has 0 fully saturated rings. The van der Waals surface area contributed by atoms with Crippen LogP contribution < -0.4 is 19.9 Å². The largest absolute Gasteiger partial charge is 0.496 e. The van der Waals surface area contributed by atoms with E-state index in [1.54, 1.807) is 49.4 Å². The number of rotatable bonds is 7. The van der Waals surface area contributed by atoms with E-state index < -0.39 is 18.0 Å². The topological polar surface area (TPSA) is 87.8 Å². The zero-order valence-corrected chi connectivity index (χ0v) is 14.6. The number of benzene rings is 2. The maximum absolute atomic E-state index is 12.1. The molecule has 0 bridgehead atoms. The van der Waals surface area contributed by atoms with Gasteiger partial charge in [-0.2, -0.15) is 0 Å². The summed E-state index contributed by atoms with van der Waals surface area (Å²) < 4.78 is 15.8. The summed E-state index contributed by atoms with van der Waals surface area (Å²) in [6.45, 7) is 1.55. The Balaban J connectivity index is 2.00. The summed E-state index contributed by atoms with van der Waals surface area (Å²) >= 11 is 6.11. The van der Waals surface area contributed by atoms with Crippen LogP contribution in [0.5, 0.6) is 17.2 Å². The van der Waals surface area contributed by atoms with Crippen molar-refractivity contribution >= 4 is 23.5 Å². The molecule has 0 radical (unpaired) electrons. The van der Waals surface area contributed by atoms with Crippen LogP contribution >= 0.6 is 11.6 Å². The van der Waals surface area contributed by atoms with Crippen LogP contribution in [-0.4, -0.2) is 25.1 Å². The Bertz CT molecular complexity index is 761. The fraction of sp³-hybridized carbons (Fsp3) is 0.222. The first-order valence-corrected chi connectivity index (χ1v) is 7.86. The highest BCUT2D eigenvalue weighted by Gasteiger charge is 2.15.